The molecule has 5 nitrogen and oxygen atoms in total. The molecule has 4 bridgehead atoms. The van der Waals surface area contributed by atoms with Gasteiger partial charge in [-0.05, 0) is 85.5 Å². The Labute approximate surface area is 147 Å². The standard InChI is InChI=1S/C20H24N2O3/c23-19(6-3-14-1-4-18(5-2-14)22(24)25)21-13-20-10-15-7-16(11-20)9-17(8-15)12-20/h1-6,15-17H,7-13H2,(H,21,23)/b6-3+. The molecule has 1 N–H and O–H groups in total. The van der Waals surface area contributed by atoms with Crippen molar-refractivity contribution >= 4 is 17.7 Å². The number of hydrogen-bond acceptors (Lipinski definition) is 3. The van der Waals surface area contributed by atoms with Crippen LogP contribution in [0.3, 0.4) is 0 Å². The van der Waals surface area contributed by atoms with Crippen LogP contribution in [0, 0.1) is 33.3 Å². The second-order valence-electron chi connectivity index (χ2n) is 8.32. The largest absolute Gasteiger partial charge is 0.352 e. The summed E-state index contributed by atoms with van der Waals surface area (Å²) in [6.45, 7) is 0.792. The Morgan fingerprint density at radius 2 is 1.68 bits per heavy atom. The summed E-state index contributed by atoms with van der Waals surface area (Å²) in [6, 6.07) is 6.21. The third kappa shape index (κ3) is 3.46. The molecule has 4 saturated carbocycles. The lowest BCUT2D eigenvalue weighted by molar-refractivity contribution is -0.384. The second kappa shape index (κ2) is 6.28. The molecule has 132 valence electrons. The Kier molecular flexibility index (Phi) is 4.10. The summed E-state index contributed by atoms with van der Waals surface area (Å²) >= 11 is 0. The van der Waals surface area contributed by atoms with Crippen molar-refractivity contribution in [3.8, 4) is 0 Å². The number of nitrogens with zero attached hydrogens (tertiary/aromatic N) is 1. The molecule has 0 saturated heterocycles. The van der Waals surface area contributed by atoms with Crippen molar-refractivity contribution in [3.05, 3.63) is 46.0 Å². The van der Waals surface area contributed by atoms with Crippen molar-refractivity contribution in [2.45, 2.75) is 38.5 Å². The number of non-ortho nitro benzene ring substituents is 1. The van der Waals surface area contributed by atoms with Crippen molar-refractivity contribution in [2.75, 3.05) is 6.54 Å². The molecule has 4 aliphatic carbocycles. The average molecular weight is 340 g/mol. The molecule has 0 heterocycles. The van der Waals surface area contributed by atoms with Gasteiger partial charge in [-0.1, -0.05) is 0 Å². The highest BCUT2D eigenvalue weighted by Gasteiger charge is 2.50. The normalized spacial score (nSPS) is 32.9. The molecule has 25 heavy (non-hydrogen) atoms. The Balaban J connectivity index is 1.32. The van der Waals surface area contributed by atoms with Crippen molar-refractivity contribution in [3.63, 3.8) is 0 Å². The Morgan fingerprint density at radius 1 is 1.12 bits per heavy atom. The van der Waals surface area contributed by atoms with Gasteiger partial charge in [-0.2, -0.15) is 0 Å². The molecule has 4 fully saturated rings. The van der Waals surface area contributed by atoms with E-state index in [1.54, 1.807) is 18.2 Å². The number of carbonyl (C=O) groups excluding carboxylic acids is 1. The third-order valence-electron chi connectivity index (χ3n) is 6.33. The lowest BCUT2D eigenvalue weighted by Crippen LogP contribution is -2.51. The monoisotopic (exact) mass is 340 g/mol. The van der Waals surface area contributed by atoms with Crippen molar-refractivity contribution in [1.82, 2.24) is 5.32 Å². The van der Waals surface area contributed by atoms with Crippen LogP contribution in [0.1, 0.15) is 44.1 Å². The maximum Gasteiger partial charge on any atom is 0.269 e. The fourth-order valence-corrected chi connectivity index (χ4v) is 5.72. The molecule has 0 aromatic heterocycles. The molecule has 0 aliphatic heterocycles. The van der Waals surface area contributed by atoms with E-state index in [0.717, 1.165) is 29.9 Å². The third-order valence-corrected chi connectivity index (χ3v) is 6.33. The molecule has 5 rings (SSSR count). The first-order valence-electron chi connectivity index (χ1n) is 9.22. The lowest BCUT2D eigenvalue weighted by atomic mass is 9.49. The van der Waals surface area contributed by atoms with E-state index in [1.807, 2.05) is 0 Å². The smallest absolute Gasteiger partial charge is 0.269 e. The summed E-state index contributed by atoms with van der Waals surface area (Å²) in [5.74, 6) is 2.59. The number of nitro groups is 1. The van der Waals surface area contributed by atoms with Crippen LogP contribution < -0.4 is 5.32 Å². The average Bonchev–Trinajstić information content (AvgIpc) is 2.57. The minimum absolute atomic E-state index is 0.0587. The van der Waals surface area contributed by atoms with Crippen LogP contribution >= 0.6 is 0 Å². The van der Waals surface area contributed by atoms with E-state index in [1.165, 1.54) is 56.7 Å². The van der Waals surface area contributed by atoms with Crippen LogP contribution in [0.4, 0.5) is 5.69 Å². The fourth-order valence-electron chi connectivity index (χ4n) is 5.72. The summed E-state index contributed by atoms with van der Waals surface area (Å²) in [5.41, 5.74) is 1.19. The first-order valence-corrected chi connectivity index (χ1v) is 9.22. The van der Waals surface area contributed by atoms with Gasteiger partial charge in [-0.15, -0.1) is 0 Å². The van der Waals surface area contributed by atoms with Crippen LogP contribution in [0.5, 0.6) is 0 Å². The molecule has 5 heteroatoms. The molecule has 0 radical (unpaired) electrons. The van der Waals surface area contributed by atoms with Crippen molar-refractivity contribution in [1.29, 1.82) is 0 Å². The van der Waals surface area contributed by atoms with Gasteiger partial charge >= 0.3 is 0 Å². The topological polar surface area (TPSA) is 72.2 Å². The van der Waals surface area contributed by atoms with Gasteiger partial charge in [0.25, 0.3) is 5.69 Å². The molecular weight excluding hydrogens is 316 g/mol. The summed E-state index contributed by atoms with van der Waals surface area (Å²) in [4.78, 5) is 22.4. The molecule has 4 aliphatic rings. The molecular formula is C20H24N2O3. The Bertz CT molecular complexity index is 673. The van der Waals surface area contributed by atoms with Crippen molar-refractivity contribution < 1.29 is 9.72 Å². The number of benzene rings is 1. The van der Waals surface area contributed by atoms with Crippen LogP contribution in [0.25, 0.3) is 6.08 Å². The highest BCUT2D eigenvalue weighted by atomic mass is 16.6. The molecule has 0 unspecified atom stereocenters. The summed E-state index contributed by atoms with van der Waals surface area (Å²) in [5, 5.41) is 13.8. The van der Waals surface area contributed by atoms with Gasteiger partial charge in [0.05, 0.1) is 4.92 Å². The molecule has 1 aromatic carbocycles. The van der Waals surface area contributed by atoms with Gasteiger partial charge in [0, 0.05) is 24.8 Å². The SMILES string of the molecule is O=C(/C=C/c1ccc([N+](=O)[O-])cc1)NCC12CC3CC(CC(C3)C1)C2. The van der Waals surface area contributed by atoms with E-state index in [9.17, 15) is 14.9 Å². The number of amides is 1. The van der Waals surface area contributed by atoms with E-state index < -0.39 is 4.92 Å². The maximum absolute atomic E-state index is 12.2. The van der Waals surface area contributed by atoms with E-state index in [2.05, 4.69) is 5.32 Å². The van der Waals surface area contributed by atoms with Gasteiger partial charge in [0.2, 0.25) is 5.91 Å². The second-order valence-corrected chi connectivity index (χ2v) is 8.32. The highest BCUT2D eigenvalue weighted by Crippen LogP contribution is 2.59. The fraction of sp³-hybridized carbons (Fsp3) is 0.550. The van der Waals surface area contributed by atoms with Crippen LogP contribution in [-0.4, -0.2) is 17.4 Å². The number of carbonyl (C=O) groups is 1. The number of hydrogen-bond donors (Lipinski definition) is 1. The Morgan fingerprint density at radius 3 is 2.20 bits per heavy atom. The first-order chi connectivity index (χ1) is 12.0. The quantitative estimate of drug-likeness (QED) is 0.501. The zero-order valence-electron chi connectivity index (χ0n) is 14.3. The summed E-state index contributed by atoms with van der Waals surface area (Å²) in [7, 11) is 0. The minimum atomic E-state index is -0.425. The van der Waals surface area contributed by atoms with E-state index in [4.69, 9.17) is 0 Å². The van der Waals surface area contributed by atoms with Gasteiger partial charge in [0.1, 0.15) is 0 Å². The molecule has 1 amide bonds. The van der Waals surface area contributed by atoms with Gasteiger partial charge in [-0.25, -0.2) is 0 Å². The van der Waals surface area contributed by atoms with E-state index >= 15 is 0 Å². The number of nitro benzene ring substituents is 1. The van der Waals surface area contributed by atoms with Gasteiger partial charge in [-0.3, -0.25) is 14.9 Å². The van der Waals surface area contributed by atoms with Gasteiger partial charge in [0.15, 0.2) is 0 Å². The first kappa shape index (κ1) is 16.3. The van der Waals surface area contributed by atoms with Gasteiger partial charge < -0.3 is 5.32 Å². The summed E-state index contributed by atoms with van der Waals surface area (Å²) in [6.07, 6.45) is 11.3. The van der Waals surface area contributed by atoms with Crippen LogP contribution in [0.15, 0.2) is 30.3 Å². The maximum atomic E-state index is 12.2. The predicted molar refractivity (Wildman–Crippen MR) is 95.7 cm³/mol. The molecule has 0 atom stereocenters. The predicted octanol–water partition coefficient (Wildman–Crippen LogP) is 3.94. The molecule has 0 spiro atoms. The number of rotatable bonds is 5. The Hall–Kier alpha value is -2.17. The summed E-state index contributed by atoms with van der Waals surface area (Å²) < 4.78 is 0. The molecule has 1 aromatic rings. The van der Waals surface area contributed by atoms with Crippen molar-refractivity contribution in [2.24, 2.45) is 23.2 Å². The lowest BCUT2D eigenvalue weighted by Gasteiger charge is -2.56. The zero-order valence-corrected chi connectivity index (χ0v) is 14.3. The number of nitrogens with one attached hydrogen (secondary N) is 1. The highest BCUT2D eigenvalue weighted by molar-refractivity contribution is 5.91. The minimum Gasteiger partial charge on any atom is -0.352 e. The van der Waals surface area contributed by atoms with E-state index in [0.29, 0.717) is 5.41 Å². The zero-order chi connectivity index (χ0) is 17.4. The van der Waals surface area contributed by atoms with E-state index in [-0.39, 0.29) is 11.6 Å². The van der Waals surface area contributed by atoms with Crippen LogP contribution in [0.2, 0.25) is 0 Å². The van der Waals surface area contributed by atoms with Crippen LogP contribution in [-0.2, 0) is 4.79 Å².